The number of nitrogens with one attached hydrogen (secondary N) is 1. The van der Waals surface area contributed by atoms with Crippen LogP contribution in [-0.4, -0.2) is 31.7 Å². The predicted octanol–water partition coefficient (Wildman–Crippen LogP) is 4.54. The highest BCUT2D eigenvalue weighted by Gasteiger charge is 2.13. The monoisotopic (exact) mass is 398 g/mol. The van der Waals surface area contributed by atoms with Crippen LogP contribution < -0.4 is 19.5 Å². The number of amides is 1. The van der Waals surface area contributed by atoms with Crippen LogP contribution in [-0.2, 0) is 4.79 Å². The minimum absolute atomic E-state index is 0.148. The van der Waals surface area contributed by atoms with Gasteiger partial charge in [-0.2, -0.15) is 0 Å². The van der Waals surface area contributed by atoms with Crippen LogP contribution in [0.4, 0.5) is 5.13 Å². The molecule has 0 unspecified atom stereocenters. The SMILES string of the molecule is COc1ccc(OC)c(-c2csc(NC(=O)CCOc3ccc(C)cc3)n2)c1. The molecule has 1 heterocycles. The second-order valence-corrected chi connectivity index (χ2v) is 6.92. The third-order valence-corrected chi connectivity index (χ3v) is 4.81. The molecule has 2 aromatic carbocycles. The summed E-state index contributed by atoms with van der Waals surface area (Å²) in [5.74, 6) is 2.00. The molecule has 0 radical (unpaired) electrons. The van der Waals surface area contributed by atoms with Crippen LogP contribution in [0, 0.1) is 6.92 Å². The first-order chi connectivity index (χ1) is 13.6. The highest BCUT2D eigenvalue weighted by molar-refractivity contribution is 7.14. The molecule has 1 N–H and O–H groups in total. The molecule has 0 saturated heterocycles. The summed E-state index contributed by atoms with van der Waals surface area (Å²) in [4.78, 5) is 16.6. The predicted molar refractivity (Wildman–Crippen MR) is 111 cm³/mol. The van der Waals surface area contributed by atoms with Gasteiger partial charge in [-0.05, 0) is 37.3 Å². The van der Waals surface area contributed by atoms with Crippen molar-refractivity contribution in [1.29, 1.82) is 0 Å². The lowest BCUT2D eigenvalue weighted by atomic mass is 10.1. The maximum atomic E-state index is 12.2. The highest BCUT2D eigenvalue weighted by Crippen LogP contribution is 2.35. The number of carbonyl (C=O) groups excluding carboxylic acids is 1. The summed E-state index contributed by atoms with van der Waals surface area (Å²) in [6, 6.07) is 13.2. The first-order valence-corrected chi connectivity index (χ1v) is 9.64. The fourth-order valence-corrected chi connectivity index (χ4v) is 3.27. The molecule has 28 heavy (non-hydrogen) atoms. The van der Waals surface area contributed by atoms with Crippen LogP contribution in [0.15, 0.2) is 47.8 Å². The van der Waals surface area contributed by atoms with E-state index in [4.69, 9.17) is 14.2 Å². The smallest absolute Gasteiger partial charge is 0.229 e. The van der Waals surface area contributed by atoms with Crippen molar-refractivity contribution in [2.75, 3.05) is 26.1 Å². The van der Waals surface area contributed by atoms with Crippen molar-refractivity contribution < 1.29 is 19.0 Å². The summed E-state index contributed by atoms with van der Waals surface area (Å²) in [6.45, 7) is 2.32. The molecule has 0 aliphatic carbocycles. The first-order valence-electron chi connectivity index (χ1n) is 8.76. The Labute approximate surface area is 168 Å². The number of nitrogens with zero attached hydrogens (tertiary/aromatic N) is 1. The van der Waals surface area contributed by atoms with Crippen LogP contribution in [0.5, 0.6) is 17.2 Å². The highest BCUT2D eigenvalue weighted by atomic mass is 32.1. The number of benzene rings is 2. The average molecular weight is 398 g/mol. The Morgan fingerprint density at radius 1 is 1.07 bits per heavy atom. The molecule has 0 aliphatic rings. The standard InChI is InChI=1S/C21H22N2O4S/c1-14-4-6-15(7-5-14)27-11-10-20(24)23-21-22-18(13-28-21)17-12-16(25-2)8-9-19(17)26-3/h4-9,12-13H,10-11H2,1-3H3,(H,22,23,24). The number of hydrogen-bond donors (Lipinski definition) is 1. The summed E-state index contributed by atoms with van der Waals surface area (Å²) >= 11 is 1.36. The van der Waals surface area contributed by atoms with Gasteiger partial charge in [0, 0.05) is 10.9 Å². The van der Waals surface area contributed by atoms with E-state index in [2.05, 4.69) is 10.3 Å². The molecule has 0 bridgehead atoms. The average Bonchev–Trinajstić information content (AvgIpc) is 3.17. The Kier molecular flexibility index (Phi) is 6.49. The molecule has 0 atom stereocenters. The van der Waals surface area contributed by atoms with E-state index >= 15 is 0 Å². The van der Waals surface area contributed by atoms with Gasteiger partial charge in [0.15, 0.2) is 5.13 Å². The number of rotatable bonds is 8. The number of carbonyl (C=O) groups is 1. The molecule has 1 aromatic heterocycles. The van der Waals surface area contributed by atoms with Gasteiger partial charge >= 0.3 is 0 Å². The topological polar surface area (TPSA) is 69.7 Å². The molecule has 1 amide bonds. The Morgan fingerprint density at radius 3 is 2.54 bits per heavy atom. The zero-order chi connectivity index (χ0) is 19.9. The maximum Gasteiger partial charge on any atom is 0.229 e. The maximum absolute atomic E-state index is 12.2. The van der Waals surface area contributed by atoms with E-state index in [1.807, 2.05) is 54.8 Å². The van der Waals surface area contributed by atoms with E-state index < -0.39 is 0 Å². The summed E-state index contributed by atoms with van der Waals surface area (Å²) in [6.07, 6.45) is 0.241. The van der Waals surface area contributed by atoms with E-state index in [0.717, 1.165) is 16.9 Å². The van der Waals surface area contributed by atoms with Crippen molar-refractivity contribution in [3.8, 4) is 28.5 Å². The number of ether oxygens (including phenoxy) is 3. The number of thiazole rings is 1. The largest absolute Gasteiger partial charge is 0.497 e. The van der Waals surface area contributed by atoms with Crippen LogP contribution in [0.25, 0.3) is 11.3 Å². The Balaban J connectivity index is 1.58. The fourth-order valence-electron chi connectivity index (χ4n) is 2.55. The molecule has 146 valence electrons. The molecule has 7 heteroatoms. The van der Waals surface area contributed by atoms with Crippen molar-refractivity contribution >= 4 is 22.4 Å². The van der Waals surface area contributed by atoms with Gasteiger partial charge in [-0.15, -0.1) is 11.3 Å². The number of methoxy groups -OCH3 is 2. The molecule has 0 saturated carbocycles. The van der Waals surface area contributed by atoms with E-state index in [-0.39, 0.29) is 12.3 Å². The molecule has 0 aliphatic heterocycles. The molecule has 0 spiro atoms. The van der Waals surface area contributed by atoms with Gasteiger partial charge in [0.05, 0.1) is 32.9 Å². The Bertz CT molecular complexity index is 938. The number of aryl methyl sites for hydroxylation is 1. The van der Waals surface area contributed by atoms with Crippen molar-refractivity contribution in [2.45, 2.75) is 13.3 Å². The van der Waals surface area contributed by atoms with Crippen molar-refractivity contribution in [3.05, 3.63) is 53.4 Å². The lowest BCUT2D eigenvalue weighted by Crippen LogP contribution is -2.15. The quantitative estimate of drug-likeness (QED) is 0.603. The van der Waals surface area contributed by atoms with Crippen LogP contribution in [0.3, 0.4) is 0 Å². The Hall–Kier alpha value is -3.06. The molecule has 3 aromatic rings. The van der Waals surface area contributed by atoms with E-state index in [9.17, 15) is 4.79 Å². The minimum Gasteiger partial charge on any atom is -0.497 e. The normalized spacial score (nSPS) is 10.4. The lowest BCUT2D eigenvalue weighted by Gasteiger charge is -2.08. The third-order valence-electron chi connectivity index (χ3n) is 4.05. The van der Waals surface area contributed by atoms with Gasteiger partial charge < -0.3 is 19.5 Å². The van der Waals surface area contributed by atoms with Crippen LogP contribution >= 0.6 is 11.3 Å². The molecule has 3 rings (SSSR count). The van der Waals surface area contributed by atoms with Gasteiger partial charge in [-0.1, -0.05) is 17.7 Å². The van der Waals surface area contributed by atoms with Crippen LogP contribution in [0.1, 0.15) is 12.0 Å². The number of hydrogen-bond acceptors (Lipinski definition) is 6. The van der Waals surface area contributed by atoms with Crippen molar-refractivity contribution in [1.82, 2.24) is 4.98 Å². The molecule has 0 fully saturated rings. The van der Waals surface area contributed by atoms with Crippen molar-refractivity contribution in [2.24, 2.45) is 0 Å². The zero-order valence-corrected chi connectivity index (χ0v) is 16.8. The van der Waals surface area contributed by atoms with E-state index in [1.165, 1.54) is 11.3 Å². The molecular formula is C21H22N2O4S. The first kappa shape index (κ1) is 19.7. The summed E-state index contributed by atoms with van der Waals surface area (Å²) in [7, 11) is 3.21. The van der Waals surface area contributed by atoms with Gasteiger partial charge in [-0.3, -0.25) is 4.79 Å². The van der Waals surface area contributed by atoms with Crippen LogP contribution in [0.2, 0.25) is 0 Å². The second-order valence-electron chi connectivity index (χ2n) is 6.06. The number of aromatic nitrogens is 1. The van der Waals surface area contributed by atoms with Gasteiger partial charge in [-0.25, -0.2) is 4.98 Å². The Morgan fingerprint density at radius 2 is 1.82 bits per heavy atom. The summed E-state index contributed by atoms with van der Waals surface area (Å²) < 4.78 is 16.3. The van der Waals surface area contributed by atoms with Crippen molar-refractivity contribution in [3.63, 3.8) is 0 Å². The number of anilines is 1. The summed E-state index contributed by atoms with van der Waals surface area (Å²) in [5, 5.41) is 5.21. The molecular weight excluding hydrogens is 376 g/mol. The molecule has 6 nitrogen and oxygen atoms in total. The lowest BCUT2D eigenvalue weighted by molar-refractivity contribution is -0.116. The third kappa shape index (κ3) is 5.01. The fraction of sp³-hybridized carbons (Fsp3) is 0.238. The van der Waals surface area contributed by atoms with E-state index in [0.29, 0.717) is 28.9 Å². The second kappa shape index (κ2) is 9.23. The zero-order valence-electron chi connectivity index (χ0n) is 16.0. The van der Waals surface area contributed by atoms with Gasteiger partial charge in [0.25, 0.3) is 0 Å². The van der Waals surface area contributed by atoms with Gasteiger partial charge in [0.1, 0.15) is 17.2 Å². The van der Waals surface area contributed by atoms with Gasteiger partial charge in [0.2, 0.25) is 5.91 Å². The minimum atomic E-state index is -0.148. The summed E-state index contributed by atoms with van der Waals surface area (Å²) in [5.41, 5.74) is 2.69. The van der Waals surface area contributed by atoms with E-state index in [1.54, 1.807) is 14.2 Å².